The first-order chi connectivity index (χ1) is 22.0. The van der Waals surface area contributed by atoms with Crippen molar-refractivity contribution in [3.05, 3.63) is 148 Å². The molecular weight excluding hydrogens is 566 g/mol. The SMILES string of the molecule is CC(C)=C(C)c1cc(C(=O)NC(C)c2cccc3ccccc23)ccc1C(C)C(C)Cc1ccc(-c2ccccc2C(=O)O)cc1. The number of hydrogen-bond donors (Lipinski definition) is 2. The Hall–Kier alpha value is -4.96. The third-order valence-electron chi connectivity index (χ3n) is 9.43. The first-order valence-corrected chi connectivity index (χ1v) is 16.0. The molecule has 3 unspecified atom stereocenters. The molecule has 0 saturated heterocycles. The number of benzene rings is 5. The topological polar surface area (TPSA) is 66.4 Å². The van der Waals surface area contributed by atoms with Crippen molar-refractivity contribution in [2.45, 2.75) is 59.9 Å². The predicted molar refractivity (Wildman–Crippen MR) is 190 cm³/mol. The van der Waals surface area contributed by atoms with Gasteiger partial charge in [0.15, 0.2) is 0 Å². The fourth-order valence-corrected chi connectivity index (χ4v) is 6.27. The minimum atomic E-state index is -0.924. The Morgan fingerprint density at radius 3 is 2.11 bits per heavy atom. The van der Waals surface area contributed by atoms with Crippen molar-refractivity contribution in [3.63, 3.8) is 0 Å². The molecule has 234 valence electrons. The van der Waals surface area contributed by atoms with Gasteiger partial charge in [-0.15, -0.1) is 0 Å². The van der Waals surface area contributed by atoms with E-state index >= 15 is 0 Å². The van der Waals surface area contributed by atoms with Gasteiger partial charge < -0.3 is 10.4 Å². The van der Waals surface area contributed by atoms with Crippen LogP contribution in [0.3, 0.4) is 0 Å². The Bertz CT molecular complexity index is 1910. The standard InChI is InChI=1S/C42H43NO3/c1-26(2)28(4)40-25-34(41(44)43-30(6)36-17-11-13-32-12-7-8-14-37(32)36)22-23-35(40)29(5)27(3)24-31-18-20-33(21-19-31)38-15-9-10-16-39(38)42(45)46/h7-23,25,27,29-30H,24H2,1-6H3,(H,43,44)(H,45,46). The largest absolute Gasteiger partial charge is 0.478 e. The molecule has 0 heterocycles. The molecule has 0 aromatic heterocycles. The molecule has 5 aromatic rings. The van der Waals surface area contributed by atoms with Crippen LogP contribution in [0.25, 0.3) is 27.5 Å². The van der Waals surface area contributed by atoms with Gasteiger partial charge in [-0.25, -0.2) is 4.79 Å². The lowest BCUT2D eigenvalue weighted by Crippen LogP contribution is -2.27. The van der Waals surface area contributed by atoms with Crippen molar-refractivity contribution in [3.8, 4) is 11.1 Å². The molecule has 0 radical (unpaired) electrons. The quantitative estimate of drug-likeness (QED) is 0.166. The van der Waals surface area contributed by atoms with E-state index in [0.29, 0.717) is 17.0 Å². The van der Waals surface area contributed by atoms with Gasteiger partial charge in [0.1, 0.15) is 0 Å². The molecule has 0 aliphatic heterocycles. The number of allylic oxidation sites excluding steroid dienone is 2. The van der Waals surface area contributed by atoms with E-state index in [4.69, 9.17) is 0 Å². The number of hydrogen-bond acceptors (Lipinski definition) is 2. The highest BCUT2D eigenvalue weighted by atomic mass is 16.4. The zero-order chi connectivity index (χ0) is 33.0. The van der Waals surface area contributed by atoms with Gasteiger partial charge in [0.05, 0.1) is 11.6 Å². The second-order valence-electron chi connectivity index (χ2n) is 12.7. The summed E-state index contributed by atoms with van der Waals surface area (Å²) in [4.78, 5) is 25.3. The highest BCUT2D eigenvalue weighted by Gasteiger charge is 2.22. The molecule has 46 heavy (non-hydrogen) atoms. The van der Waals surface area contributed by atoms with Crippen LogP contribution in [0.15, 0.2) is 115 Å². The molecule has 4 heteroatoms. The normalized spacial score (nSPS) is 13.1. The van der Waals surface area contributed by atoms with Crippen molar-refractivity contribution >= 4 is 28.2 Å². The van der Waals surface area contributed by atoms with Crippen LogP contribution in [0.4, 0.5) is 0 Å². The van der Waals surface area contributed by atoms with E-state index in [1.807, 2.05) is 55.5 Å². The van der Waals surface area contributed by atoms with E-state index in [1.54, 1.807) is 12.1 Å². The summed E-state index contributed by atoms with van der Waals surface area (Å²) in [5.74, 6) is -0.442. The minimum Gasteiger partial charge on any atom is -0.478 e. The number of fused-ring (bicyclic) bond motifs is 1. The monoisotopic (exact) mass is 609 g/mol. The molecule has 1 amide bonds. The first kappa shape index (κ1) is 32.4. The van der Waals surface area contributed by atoms with Gasteiger partial charge in [0, 0.05) is 5.56 Å². The van der Waals surface area contributed by atoms with Gasteiger partial charge in [-0.1, -0.05) is 110 Å². The van der Waals surface area contributed by atoms with E-state index in [0.717, 1.165) is 39.4 Å². The summed E-state index contributed by atoms with van der Waals surface area (Å²) in [6.45, 7) is 12.9. The van der Waals surface area contributed by atoms with Crippen LogP contribution in [-0.4, -0.2) is 17.0 Å². The van der Waals surface area contributed by atoms with Crippen LogP contribution in [0.5, 0.6) is 0 Å². The van der Waals surface area contributed by atoms with Gasteiger partial charge in [0.25, 0.3) is 5.91 Å². The van der Waals surface area contributed by atoms with Gasteiger partial charge in [-0.3, -0.25) is 4.79 Å². The van der Waals surface area contributed by atoms with Crippen LogP contribution in [0.1, 0.15) is 96.5 Å². The summed E-state index contributed by atoms with van der Waals surface area (Å²) < 4.78 is 0. The Labute approximate surface area is 272 Å². The lowest BCUT2D eigenvalue weighted by Gasteiger charge is -2.25. The average molecular weight is 610 g/mol. The van der Waals surface area contributed by atoms with Crippen LogP contribution < -0.4 is 5.32 Å². The molecule has 0 aliphatic carbocycles. The summed E-state index contributed by atoms with van der Waals surface area (Å²) in [7, 11) is 0. The Morgan fingerprint density at radius 2 is 1.39 bits per heavy atom. The molecule has 2 N–H and O–H groups in total. The minimum absolute atomic E-state index is 0.0833. The zero-order valence-corrected chi connectivity index (χ0v) is 27.6. The fourth-order valence-electron chi connectivity index (χ4n) is 6.27. The second-order valence-corrected chi connectivity index (χ2v) is 12.7. The molecule has 0 spiro atoms. The van der Waals surface area contributed by atoms with Crippen LogP contribution >= 0.6 is 0 Å². The Morgan fingerprint density at radius 1 is 0.717 bits per heavy atom. The molecular formula is C42H43NO3. The molecule has 3 atom stereocenters. The van der Waals surface area contributed by atoms with Gasteiger partial charge >= 0.3 is 5.97 Å². The summed E-state index contributed by atoms with van der Waals surface area (Å²) >= 11 is 0. The summed E-state index contributed by atoms with van der Waals surface area (Å²) in [5.41, 5.74) is 9.64. The van der Waals surface area contributed by atoms with Gasteiger partial charge in [0.2, 0.25) is 0 Å². The van der Waals surface area contributed by atoms with Crippen LogP contribution in [0, 0.1) is 5.92 Å². The number of carbonyl (C=O) groups excluding carboxylic acids is 1. The number of carboxylic acids is 1. The van der Waals surface area contributed by atoms with Crippen molar-refractivity contribution in [2.75, 3.05) is 0 Å². The zero-order valence-electron chi connectivity index (χ0n) is 27.6. The third-order valence-corrected chi connectivity index (χ3v) is 9.43. The molecule has 0 bridgehead atoms. The Balaban J connectivity index is 1.36. The third kappa shape index (κ3) is 6.97. The molecule has 0 saturated carbocycles. The lowest BCUT2D eigenvalue weighted by atomic mass is 9.80. The molecule has 5 rings (SSSR count). The van der Waals surface area contributed by atoms with Crippen molar-refractivity contribution in [1.82, 2.24) is 5.32 Å². The number of carboxylic acid groups (broad SMARTS) is 1. The van der Waals surface area contributed by atoms with Crippen LogP contribution in [-0.2, 0) is 6.42 Å². The molecule has 0 fully saturated rings. The van der Waals surface area contributed by atoms with Crippen molar-refractivity contribution in [1.29, 1.82) is 0 Å². The smallest absolute Gasteiger partial charge is 0.336 e. The molecule has 0 aliphatic rings. The maximum absolute atomic E-state index is 13.6. The molecule has 5 aromatic carbocycles. The van der Waals surface area contributed by atoms with Crippen LogP contribution in [0.2, 0.25) is 0 Å². The maximum atomic E-state index is 13.6. The highest BCUT2D eigenvalue weighted by molar-refractivity contribution is 5.97. The predicted octanol–water partition coefficient (Wildman–Crippen LogP) is 10.5. The number of nitrogens with one attached hydrogen (secondary N) is 1. The van der Waals surface area contributed by atoms with E-state index in [-0.39, 0.29) is 17.9 Å². The first-order valence-electron chi connectivity index (χ1n) is 16.0. The van der Waals surface area contributed by atoms with E-state index < -0.39 is 5.97 Å². The number of amides is 1. The Kier molecular flexibility index (Phi) is 9.87. The summed E-state index contributed by atoms with van der Waals surface area (Å²) in [6, 6.07) is 35.8. The van der Waals surface area contributed by atoms with E-state index in [9.17, 15) is 14.7 Å². The average Bonchev–Trinajstić information content (AvgIpc) is 3.07. The number of aromatic carboxylic acids is 1. The van der Waals surface area contributed by atoms with Gasteiger partial charge in [-0.2, -0.15) is 0 Å². The summed E-state index contributed by atoms with van der Waals surface area (Å²) in [6.07, 6.45) is 0.875. The second kappa shape index (κ2) is 14.0. The van der Waals surface area contributed by atoms with Crippen molar-refractivity contribution in [2.24, 2.45) is 5.92 Å². The molecule has 4 nitrogen and oxygen atoms in total. The van der Waals surface area contributed by atoms with E-state index in [1.165, 1.54) is 22.3 Å². The lowest BCUT2D eigenvalue weighted by molar-refractivity contribution is 0.0697. The highest BCUT2D eigenvalue weighted by Crippen LogP contribution is 2.35. The van der Waals surface area contributed by atoms with Crippen molar-refractivity contribution < 1.29 is 14.7 Å². The maximum Gasteiger partial charge on any atom is 0.336 e. The number of rotatable bonds is 10. The fraction of sp³-hybridized carbons (Fsp3) is 0.238. The van der Waals surface area contributed by atoms with Gasteiger partial charge in [-0.05, 0) is 114 Å². The number of carbonyl (C=O) groups is 2. The summed E-state index contributed by atoms with van der Waals surface area (Å²) in [5, 5.41) is 15.2. The van der Waals surface area contributed by atoms with E-state index in [2.05, 4.69) is 88.5 Å².